The van der Waals surface area contributed by atoms with E-state index >= 15 is 0 Å². The van der Waals surface area contributed by atoms with Crippen molar-refractivity contribution in [2.75, 3.05) is 0 Å². The first-order valence-electron chi connectivity index (χ1n) is 5.89. The van der Waals surface area contributed by atoms with Crippen LogP contribution in [0.2, 0.25) is 5.02 Å². The Kier molecular flexibility index (Phi) is 2.99. The lowest BCUT2D eigenvalue weighted by molar-refractivity contribution is 1.09. The summed E-state index contributed by atoms with van der Waals surface area (Å²) in [5.41, 5.74) is 2.30. The fourth-order valence-corrected chi connectivity index (χ4v) is 2.16. The second kappa shape index (κ2) is 4.79. The molecule has 0 unspecified atom stereocenters. The molecule has 2 aromatic carbocycles. The van der Waals surface area contributed by atoms with Gasteiger partial charge < -0.3 is 0 Å². The summed E-state index contributed by atoms with van der Waals surface area (Å²) in [6, 6.07) is 18.3. The van der Waals surface area contributed by atoms with Crippen LogP contribution >= 0.6 is 11.6 Å². The van der Waals surface area contributed by atoms with Gasteiger partial charge in [0.2, 0.25) is 0 Å². The average Bonchev–Trinajstić information content (AvgIpc) is 2.41. The molecule has 0 aliphatic carbocycles. The fourth-order valence-electron chi connectivity index (χ4n) is 2.04. The molecule has 0 N–H and O–H groups in total. The number of nitrogens with zero attached hydrogens (tertiary/aromatic N) is 1. The average molecular weight is 254 g/mol. The summed E-state index contributed by atoms with van der Waals surface area (Å²) in [5, 5.41) is 3.18. The smallest absolute Gasteiger partial charge is 0.0453 e. The van der Waals surface area contributed by atoms with Gasteiger partial charge in [0.1, 0.15) is 0 Å². The summed E-state index contributed by atoms with van der Waals surface area (Å²) in [4.78, 5) is 4.49. The Hall–Kier alpha value is -1.86. The molecule has 0 atom stereocenters. The van der Waals surface area contributed by atoms with Gasteiger partial charge in [-0.2, -0.15) is 0 Å². The Balaban J connectivity index is 1.92. The quantitative estimate of drug-likeness (QED) is 0.656. The van der Waals surface area contributed by atoms with Crippen molar-refractivity contribution >= 4 is 22.4 Å². The van der Waals surface area contributed by atoms with E-state index in [9.17, 15) is 0 Å². The van der Waals surface area contributed by atoms with E-state index in [1.807, 2.05) is 36.5 Å². The van der Waals surface area contributed by atoms with Crippen LogP contribution in [0.15, 0.2) is 60.8 Å². The first-order valence-corrected chi connectivity index (χ1v) is 6.27. The molecule has 0 aliphatic rings. The highest BCUT2D eigenvalue weighted by Crippen LogP contribution is 2.17. The molecule has 18 heavy (non-hydrogen) atoms. The van der Waals surface area contributed by atoms with Gasteiger partial charge in [-0.1, -0.05) is 48.0 Å². The molecule has 0 spiro atoms. The highest BCUT2D eigenvalue weighted by atomic mass is 35.5. The summed E-state index contributed by atoms with van der Waals surface area (Å²) in [5.74, 6) is 0. The van der Waals surface area contributed by atoms with E-state index in [1.165, 1.54) is 16.3 Å². The third kappa shape index (κ3) is 2.36. The minimum Gasteiger partial charge on any atom is -0.260 e. The second-order valence-corrected chi connectivity index (χ2v) is 4.76. The summed E-state index contributed by atoms with van der Waals surface area (Å²) in [6.45, 7) is 0. The maximum atomic E-state index is 5.88. The third-order valence-corrected chi connectivity index (χ3v) is 3.24. The van der Waals surface area contributed by atoms with Crippen LogP contribution in [0.5, 0.6) is 0 Å². The van der Waals surface area contributed by atoms with Crippen molar-refractivity contribution in [3.63, 3.8) is 0 Å². The van der Waals surface area contributed by atoms with Gasteiger partial charge in [-0.15, -0.1) is 0 Å². The molecule has 2 heteroatoms. The summed E-state index contributed by atoms with van der Waals surface area (Å²) in [7, 11) is 0. The standard InChI is InChI=1S/C16H12ClN/c17-15-7-5-12(6-8-15)9-16-10-13-3-1-2-4-14(13)11-18-16/h1-8,10-11H,9H2. The van der Waals surface area contributed by atoms with Crippen LogP contribution < -0.4 is 0 Å². The Labute approximate surface area is 111 Å². The van der Waals surface area contributed by atoms with Crippen LogP contribution in [0.3, 0.4) is 0 Å². The monoisotopic (exact) mass is 253 g/mol. The van der Waals surface area contributed by atoms with Gasteiger partial charge in [0, 0.05) is 28.7 Å². The summed E-state index contributed by atoms with van der Waals surface area (Å²) in [6.07, 6.45) is 2.77. The van der Waals surface area contributed by atoms with Crippen molar-refractivity contribution in [3.8, 4) is 0 Å². The number of pyridine rings is 1. The van der Waals surface area contributed by atoms with Crippen LogP contribution in [0.25, 0.3) is 10.8 Å². The Morgan fingerprint density at radius 1 is 0.889 bits per heavy atom. The molecule has 0 radical (unpaired) electrons. The topological polar surface area (TPSA) is 12.9 Å². The third-order valence-electron chi connectivity index (χ3n) is 2.99. The second-order valence-electron chi connectivity index (χ2n) is 4.33. The Morgan fingerprint density at radius 2 is 1.61 bits per heavy atom. The zero-order valence-electron chi connectivity index (χ0n) is 9.81. The number of halogens is 1. The molecular weight excluding hydrogens is 242 g/mol. The molecule has 0 aliphatic heterocycles. The molecule has 88 valence electrons. The lowest BCUT2D eigenvalue weighted by Crippen LogP contribution is -1.91. The van der Waals surface area contributed by atoms with Gasteiger partial charge in [0.05, 0.1) is 0 Å². The van der Waals surface area contributed by atoms with E-state index in [0.29, 0.717) is 0 Å². The molecule has 0 saturated heterocycles. The number of fused-ring (bicyclic) bond motifs is 1. The first kappa shape index (κ1) is 11.2. The highest BCUT2D eigenvalue weighted by Gasteiger charge is 2.00. The van der Waals surface area contributed by atoms with Crippen molar-refractivity contribution in [3.05, 3.63) is 77.1 Å². The lowest BCUT2D eigenvalue weighted by Gasteiger charge is -2.03. The molecule has 1 nitrogen and oxygen atoms in total. The number of benzene rings is 2. The zero-order chi connectivity index (χ0) is 12.4. The van der Waals surface area contributed by atoms with Crippen LogP contribution in [-0.2, 0) is 6.42 Å². The van der Waals surface area contributed by atoms with E-state index in [1.54, 1.807) is 0 Å². The van der Waals surface area contributed by atoms with E-state index in [0.717, 1.165) is 17.1 Å². The predicted octanol–water partition coefficient (Wildman–Crippen LogP) is 4.48. The van der Waals surface area contributed by atoms with Crippen LogP contribution in [0.1, 0.15) is 11.3 Å². The van der Waals surface area contributed by atoms with E-state index in [2.05, 4.69) is 29.2 Å². The van der Waals surface area contributed by atoms with E-state index in [4.69, 9.17) is 11.6 Å². The van der Waals surface area contributed by atoms with Crippen molar-refractivity contribution in [1.82, 2.24) is 4.98 Å². The fraction of sp³-hybridized carbons (Fsp3) is 0.0625. The Morgan fingerprint density at radius 3 is 2.39 bits per heavy atom. The van der Waals surface area contributed by atoms with Gasteiger partial charge in [-0.05, 0) is 29.1 Å². The minimum atomic E-state index is 0.769. The normalized spacial score (nSPS) is 10.7. The molecule has 3 aromatic rings. The van der Waals surface area contributed by atoms with Crippen molar-refractivity contribution < 1.29 is 0 Å². The van der Waals surface area contributed by atoms with Crippen LogP contribution in [-0.4, -0.2) is 4.98 Å². The molecular formula is C16H12ClN. The lowest BCUT2D eigenvalue weighted by atomic mass is 10.1. The molecule has 3 rings (SSSR count). The molecule has 1 aromatic heterocycles. The van der Waals surface area contributed by atoms with Crippen molar-refractivity contribution in [1.29, 1.82) is 0 Å². The van der Waals surface area contributed by atoms with Crippen LogP contribution in [0.4, 0.5) is 0 Å². The van der Waals surface area contributed by atoms with Crippen molar-refractivity contribution in [2.24, 2.45) is 0 Å². The predicted molar refractivity (Wildman–Crippen MR) is 76.0 cm³/mol. The number of hydrogen-bond donors (Lipinski definition) is 0. The van der Waals surface area contributed by atoms with Gasteiger partial charge in [-0.3, -0.25) is 4.98 Å². The van der Waals surface area contributed by atoms with Gasteiger partial charge in [0.15, 0.2) is 0 Å². The highest BCUT2D eigenvalue weighted by molar-refractivity contribution is 6.30. The summed E-state index contributed by atoms with van der Waals surface area (Å²) < 4.78 is 0. The number of rotatable bonds is 2. The SMILES string of the molecule is Clc1ccc(Cc2cc3ccccc3cn2)cc1. The molecule has 0 fully saturated rings. The molecule has 0 amide bonds. The van der Waals surface area contributed by atoms with Crippen LogP contribution in [0, 0.1) is 0 Å². The van der Waals surface area contributed by atoms with Gasteiger partial charge in [-0.25, -0.2) is 0 Å². The summed E-state index contributed by atoms with van der Waals surface area (Å²) >= 11 is 5.88. The minimum absolute atomic E-state index is 0.769. The molecule has 0 bridgehead atoms. The maximum absolute atomic E-state index is 5.88. The maximum Gasteiger partial charge on any atom is 0.0453 e. The van der Waals surface area contributed by atoms with Crippen molar-refractivity contribution in [2.45, 2.75) is 6.42 Å². The molecule has 0 saturated carbocycles. The largest absolute Gasteiger partial charge is 0.260 e. The number of hydrogen-bond acceptors (Lipinski definition) is 1. The first-order chi connectivity index (χ1) is 8.81. The van der Waals surface area contributed by atoms with Gasteiger partial charge >= 0.3 is 0 Å². The number of aromatic nitrogens is 1. The van der Waals surface area contributed by atoms with Gasteiger partial charge in [0.25, 0.3) is 0 Å². The van der Waals surface area contributed by atoms with E-state index in [-0.39, 0.29) is 0 Å². The molecule has 1 heterocycles. The zero-order valence-corrected chi connectivity index (χ0v) is 10.6. The van der Waals surface area contributed by atoms with E-state index < -0.39 is 0 Å². The Bertz CT molecular complexity index is 674.